The molecular formula is C18H27N5OS. The number of anilines is 2. The number of nitrogen functional groups attached to an aromatic ring is 1. The number of rotatable bonds is 8. The Balaban J connectivity index is 1.38. The van der Waals surface area contributed by atoms with Crippen molar-refractivity contribution in [2.24, 2.45) is 0 Å². The van der Waals surface area contributed by atoms with E-state index in [1.165, 1.54) is 55.7 Å². The predicted molar refractivity (Wildman–Crippen MR) is 103 cm³/mol. The van der Waals surface area contributed by atoms with Crippen LogP contribution in [0.15, 0.2) is 24.3 Å². The molecule has 0 bridgehead atoms. The van der Waals surface area contributed by atoms with Gasteiger partial charge in [-0.05, 0) is 50.0 Å². The van der Waals surface area contributed by atoms with Crippen LogP contribution in [-0.2, 0) is 6.54 Å². The van der Waals surface area contributed by atoms with Gasteiger partial charge in [0.25, 0.3) is 0 Å². The number of likely N-dealkylation sites (tertiary alicyclic amines) is 1. The summed E-state index contributed by atoms with van der Waals surface area (Å²) in [6.45, 7) is 4.92. The normalized spacial score (nSPS) is 15.7. The quantitative estimate of drug-likeness (QED) is 0.702. The zero-order valence-electron chi connectivity index (χ0n) is 14.6. The van der Waals surface area contributed by atoms with Crippen LogP contribution >= 0.6 is 11.3 Å². The fourth-order valence-corrected chi connectivity index (χ4v) is 3.59. The molecule has 3 rings (SSSR count). The Morgan fingerprint density at radius 3 is 2.76 bits per heavy atom. The van der Waals surface area contributed by atoms with Crippen LogP contribution in [0.1, 0.15) is 37.7 Å². The number of aromatic nitrogens is 2. The highest BCUT2D eigenvalue weighted by atomic mass is 32.1. The minimum absolute atomic E-state index is 0.486. The Hall–Kier alpha value is -1.86. The molecular weight excluding hydrogens is 334 g/mol. The summed E-state index contributed by atoms with van der Waals surface area (Å²) < 4.78 is 5.89. The van der Waals surface area contributed by atoms with E-state index in [4.69, 9.17) is 10.5 Å². The van der Waals surface area contributed by atoms with E-state index in [-0.39, 0.29) is 0 Å². The first-order valence-corrected chi connectivity index (χ1v) is 9.88. The van der Waals surface area contributed by atoms with Crippen molar-refractivity contribution in [3.05, 3.63) is 29.8 Å². The van der Waals surface area contributed by atoms with Gasteiger partial charge in [0.2, 0.25) is 10.3 Å². The third-order valence-electron chi connectivity index (χ3n) is 4.31. The van der Waals surface area contributed by atoms with Crippen molar-refractivity contribution in [1.29, 1.82) is 0 Å². The second kappa shape index (κ2) is 9.58. The molecule has 136 valence electrons. The van der Waals surface area contributed by atoms with Gasteiger partial charge in [-0.2, -0.15) is 0 Å². The van der Waals surface area contributed by atoms with Crippen molar-refractivity contribution >= 4 is 21.6 Å². The number of nitrogens with zero attached hydrogens (tertiary/aromatic N) is 3. The van der Waals surface area contributed by atoms with Crippen LogP contribution in [0.3, 0.4) is 0 Å². The number of nitrogens with one attached hydrogen (secondary N) is 1. The van der Waals surface area contributed by atoms with Crippen molar-refractivity contribution in [3.8, 4) is 5.75 Å². The summed E-state index contributed by atoms with van der Waals surface area (Å²) in [5.74, 6) is 0.951. The molecule has 1 aromatic carbocycles. The van der Waals surface area contributed by atoms with Crippen LogP contribution in [0.5, 0.6) is 5.75 Å². The molecule has 2 aromatic rings. The lowest BCUT2D eigenvalue weighted by atomic mass is 10.2. The molecule has 6 nitrogen and oxygen atoms in total. The average molecular weight is 362 g/mol. The standard InChI is InChI=1S/C18H27N5OS/c19-17-21-22-18(25-17)20-9-6-12-24-16-8-5-7-15(13-16)14-23-10-3-1-2-4-11-23/h5,7-8,13H,1-4,6,9-12,14H2,(H2,19,21)(H,20,22). The lowest BCUT2D eigenvalue weighted by Gasteiger charge is -2.20. The second-order valence-corrected chi connectivity index (χ2v) is 7.42. The molecule has 0 saturated carbocycles. The van der Waals surface area contributed by atoms with Gasteiger partial charge < -0.3 is 15.8 Å². The van der Waals surface area contributed by atoms with Gasteiger partial charge in [-0.25, -0.2) is 0 Å². The molecule has 0 radical (unpaired) electrons. The zero-order valence-corrected chi connectivity index (χ0v) is 15.4. The van der Waals surface area contributed by atoms with Gasteiger partial charge in [-0.1, -0.05) is 36.3 Å². The first-order chi connectivity index (χ1) is 12.3. The van der Waals surface area contributed by atoms with Gasteiger partial charge in [0.05, 0.1) is 6.61 Å². The van der Waals surface area contributed by atoms with Gasteiger partial charge in [-0.3, -0.25) is 4.90 Å². The molecule has 1 aliphatic rings. The van der Waals surface area contributed by atoms with Gasteiger partial charge in [-0.15, -0.1) is 10.2 Å². The van der Waals surface area contributed by atoms with Crippen LogP contribution in [0.2, 0.25) is 0 Å². The Labute approximate surface area is 153 Å². The number of ether oxygens (including phenoxy) is 1. The van der Waals surface area contributed by atoms with E-state index in [0.29, 0.717) is 11.7 Å². The molecule has 2 heterocycles. The largest absolute Gasteiger partial charge is 0.494 e. The van der Waals surface area contributed by atoms with Crippen LogP contribution in [0.4, 0.5) is 10.3 Å². The fourth-order valence-electron chi connectivity index (χ4n) is 3.05. The Bertz CT molecular complexity index is 640. The van der Waals surface area contributed by atoms with Crippen molar-refractivity contribution in [2.45, 2.75) is 38.6 Å². The summed E-state index contributed by atoms with van der Waals surface area (Å²) in [6.07, 6.45) is 6.29. The molecule has 1 saturated heterocycles. The Morgan fingerprint density at radius 1 is 1.16 bits per heavy atom. The van der Waals surface area contributed by atoms with Gasteiger partial charge in [0, 0.05) is 13.1 Å². The second-order valence-electron chi connectivity index (χ2n) is 6.41. The molecule has 7 heteroatoms. The van der Waals surface area contributed by atoms with E-state index in [1.54, 1.807) is 0 Å². The zero-order chi connectivity index (χ0) is 17.3. The molecule has 0 atom stereocenters. The first-order valence-electron chi connectivity index (χ1n) is 9.06. The molecule has 0 unspecified atom stereocenters. The maximum Gasteiger partial charge on any atom is 0.207 e. The van der Waals surface area contributed by atoms with Crippen LogP contribution in [0, 0.1) is 0 Å². The van der Waals surface area contributed by atoms with Crippen LogP contribution in [0.25, 0.3) is 0 Å². The maximum atomic E-state index is 5.89. The smallest absolute Gasteiger partial charge is 0.207 e. The highest BCUT2D eigenvalue weighted by Crippen LogP contribution is 2.18. The van der Waals surface area contributed by atoms with Crippen molar-refractivity contribution < 1.29 is 4.74 Å². The summed E-state index contributed by atoms with van der Waals surface area (Å²) in [4.78, 5) is 2.56. The minimum Gasteiger partial charge on any atom is -0.494 e. The number of hydrogen-bond acceptors (Lipinski definition) is 7. The fraction of sp³-hybridized carbons (Fsp3) is 0.556. The predicted octanol–water partition coefficient (Wildman–Crippen LogP) is 3.38. The summed E-state index contributed by atoms with van der Waals surface area (Å²) in [5, 5.41) is 12.2. The summed E-state index contributed by atoms with van der Waals surface area (Å²) >= 11 is 1.36. The number of nitrogens with two attached hydrogens (primary N) is 1. The van der Waals surface area contributed by atoms with E-state index in [0.717, 1.165) is 30.4 Å². The monoisotopic (exact) mass is 361 g/mol. The van der Waals surface area contributed by atoms with Crippen molar-refractivity contribution in [1.82, 2.24) is 15.1 Å². The third-order valence-corrected chi connectivity index (χ3v) is 5.02. The van der Waals surface area contributed by atoms with Crippen LogP contribution in [-0.4, -0.2) is 41.3 Å². The molecule has 1 aliphatic heterocycles. The summed E-state index contributed by atoms with van der Waals surface area (Å²) in [6, 6.07) is 8.48. The molecule has 1 fully saturated rings. The Kier molecular flexibility index (Phi) is 6.88. The lowest BCUT2D eigenvalue weighted by molar-refractivity contribution is 0.275. The topological polar surface area (TPSA) is 76.3 Å². The van der Waals surface area contributed by atoms with Crippen molar-refractivity contribution in [2.75, 3.05) is 37.3 Å². The molecule has 0 spiro atoms. The highest BCUT2D eigenvalue weighted by molar-refractivity contribution is 7.18. The van der Waals surface area contributed by atoms with Gasteiger partial charge in [0.1, 0.15) is 5.75 Å². The highest BCUT2D eigenvalue weighted by Gasteiger charge is 2.09. The first kappa shape index (κ1) is 17.9. The third kappa shape index (κ3) is 6.17. The summed E-state index contributed by atoms with van der Waals surface area (Å²) in [7, 11) is 0. The molecule has 1 aromatic heterocycles. The Morgan fingerprint density at radius 2 is 2.00 bits per heavy atom. The maximum absolute atomic E-state index is 5.89. The van der Waals surface area contributed by atoms with Gasteiger partial charge >= 0.3 is 0 Å². The number of hydrogen-bond donors (Lipinski definition) is 2. The lowest BCUT2D eigenvalue weighted by Crippen LogP contribution is -2.23. The van der Waals surface area contributed by atoms with Gasteiger partial charge in [0.15, 0.2) is 0 Å². The van der Waals surface area contributed by atoms with E-state index in [9.17, 15) is 0 Å². The average Bonchev–Trinajstić information content (AvgIpc) is 2.86. The molecule has 3 N–H and O–H groups in total. The molecule has 25 heavy (non-hydrogen) atoms. The van der Waals surface area contributed by atoms with E-state index in [1.807, 2.05) is 6.07 Å². The molecule has 0 amide bonds. The van der Waals surface area contributed by atoms with E-state index in [2.05, 4.69) is 38.6 Å². The van der Waals surface area contributed by atoms with Crippen molar-refractivity contribution in [3.63, 3.8) is 0 Å². The van der Waals surface area contributed by atoms with Crippen LogP contribution < -0.4 is 15.8 Å². The van der Waals surface area contributed by atoms with E-state index >= 15 is 0 Å². The number of benzene rings is 1. The van der Waals surface area contributed by atoms with E-state index < -0.39 is 0 Å². The summed E-state index contributed by atoms with van der Waals surface area (Å²) in [5.41, 5.74) is 6.89. The molecule has 0 aliphatic carbocycles. The SMILES string of the molecule is Nc1nnc(NCCCOc2cccc(CN3CCCCCC3)c2)s1. The minimum atomic E-state index is 0.486.